The molecule has 0 amide bonds. The molecule has 0 spiro atoms. The lowest BCUT2D eigenvalue weighted by atomic mass is 9.89. The van der Waals surface area contributed by atoms with Gasteiger partial charge in [-0.2, -0.15) is 0 Å². The van der Waals surface area contributed by atoms with Crippen molar-refractivity contribution in [2.45, 2.75) is 44.9 Å². The smallest absolute Gasteiger partial charge is 0.337 e. The molecule has 0 saturated carbocycles. The number of benzene rings is 2. The predicted molar refractivity (Wildman–Crippen MR) is 133 cm³/mol. The fraction of sp³-hybridized carbons (Fsp3) is 0.333. The number of carbonyl (C=O) groups is 1. The number of anilines is 1. The number of pyridine rings is 1. The quantitative estimate of drug-likeness (QED) is 0.451. The van der Waals surface area contributed by atoms with E-state index in [1.807, 2.05) is 32.0 Å². The van der Waals surface area contributed by atoms with Crippen molar-refractivity contribution in [1.82, 2.24) is 4.98 Å². The first-order valence-electron chi connectivity index (χ1n) is 11.7. The first-order chi connectivity index (χ1) is 16.8. The van der Waals surface area contributed by atoms with Crippen LogP contribution in [0.15, 0.2) is 66.9 Å². The van der Waals surface area contributed by atoms with Gasteiger partial charge in [-0.25, -0.2) is 9.18 Å². The average Bonchev–Trinajstić information content (AvgIpc) is 2.89. The fourth-order valence-corrected chi connectivity index (χ4v) is 3.97. The molecule has 4 N–H and O–H groups in total. The minimum Gasteiger partial charge on any atom is -0.492 e. The summed E-state index contributed by atoms with van der Waals surface area (Å²) < 4.78 is 18.5. The van der Waals surface area contributed by atoms with Crippen LogP contribution in [0.4, 0.5) is 10.1 Å². The maximum absolute atomic E-state index is 13.1. The number of nitrogens with two attached hydrogens (primary N) is 1. The molecule has 0 fully saturated rings. The van der Waals surface area contributed by atoms with E-state index in [9.17, 15) is 19.4 Å². The maximum Gasteiger partial charge on any atom is 0.337 e. The summed E-state index contributed by atoms with van der Waals surface area (Å²) in [5, 5.41) is 20.7. The number of ether oxygens (including phenoxy) is 1. The van der Waals surface area contributed by atoms with Crippen molar-refractivity contribution in [2.75, 3.05) is 18.1 Å². The normalized spacial score (nSPS) is 15.2. The van der Waals surface area contributed by atoms with Crippen molar-refractivity contribution in [1.29, 1.82) is 0 Å². The van der Waals surface area contributed by atoms with Crippen LogP contribution in [-0.2, 0) is 24.2 Å². The minimum absolute atomic E-state index is 0.267. The molecule has 2 aromatic carbocycles. The number of fused-ring (bicyclic) bond motifs is 1. The molecule has 8 heteroatoms. The predicted octanol–water partition coefficient (Wildman–Crippen LogP) is 3.57. The van der Waals surface area contributed by atoms with E-state index in [4.69, 9.17) is 10.5 Å². The molecule has 0 saturated heterocycles. The lowest BCUT2D eigenvalue weighted by Crippen LogP contribution is -2.58. The summed E-state index contributed by atoms with van der Waals surface area (Å²) in [4.78, 5) is 18.4. The number of hydrogen-bond donors (Lipinski definition) is 3. The van der Waals surface area contributed by atoms with Crippen LogP contribution in [0.3, 0.4) is 0 Å². The van der Waals surface area contributed by atoms with Gasteiger partial charge in [0, 0.05) is 37.1 Å². The molecule has 3 aromatic rings. The summed E-state index contributed by atoms with van der Waals surface area (Å²) >= 11 is 0. The highest BCUT2D eigenvalue weighted by atomic mass is 19.1. The molecule has 0 radical (unpaired) electrons. The third kappa shape index (κ3) is 6.35. The minimum atomic E-state index is -2.29. The lowest BCUT2D eigenvalue weighted by molar-refractivity contribution is -0.161. The Kier molecular flexibility index (Phi) is 8.78. The Balaban J connectivity index is 0.00000167. The second-order valence-electron chi connectivity index (χ2n) is 8.22. The van der Waals surface area contributed by atoms with Crippen LogP contribution in [-0.4, -0.2) is 46.0 Å². The number of carboxylic acids is 1. The molecule has 2 unspecified atom stereocenters. The Labute approximate surface area is 205 Å². The molecule has 35 heavy (non-hydrogen) atoms. The van der Waals surface area contributed by atoms with Crippen LogP contribution in [0.25, 0.3) is 0 Å². The molecule has 7 nitrogen and oxygen atoms in total. The van der Waals surface area contributed by atoms with Crippen molar-refractivity contribution >= 4 is 11.7 Å². The average molecular weight is 482 g/mol. The summed E-state index contributed by atoms with van der Waals surface area (Å²) in [6.07, 6.45) is 2.24. The molecule has 0 aliphatic carbocycles. The lowest BCUT2D eigenvalue weighted by Gasteiger charge is -2.32. The first kappa shape index (κ1) is 26.1. The Morgan fingerprint density at radius 2 is 1.86 bits per heavy atom. The number of halogens is 1. The zero-order valence-corrected chi connectivity index (χ0v) is 20.0. The fourth-order valence-electron chi connectivity index (χ4n) is 3.97. The number of nitrogens with zero attached hydrogens (tertiary/aromatic N) is 2. The topological polar surface area (TPSA) is 109 Å². The largest absolute Gasteiger partial charge is 0.492 e. The van der Waals surface area contributed by atoms with Gasteiger partial charge < -0.3 is 25.6 Å². The van der Waals surface area contributed by atoms with Gasteiger partial charge in [0.25, 0.3) is 0 Å². The molecular formula is C27H32FN3O4. The maximum atomic E-state index is 13.1. The molecule has 1 aliphatic heterocycles. The van der Waals surface area contributed by atoms with Crippen LogP contribution in [0.5, 0.6) is 5.75 Å². The first-order valence-corrected chi connectivity index (χ1v) is 11.7. The molecule has 0 bridgehead atoms. The number of aliphatic carboxylic acids is 1. The summed E-state index contributed by atoms with van der Waals surface area (Å²) in [6.45, 7) is 5.31. The van der Waals surface area contributed by atoms with E-state index in [-0.39, 0.29) is 13.0 Å². The zero-order valence-electron chi connectivity index (χ0n) is 20.0. The van der Waals surface area contributed by atoms with Gasteiger partial charge in [0.2, 0.25) is 0 Å². The van der Waals surface area contributed by atoms with Crippen LogP contribution >= 0.6 is 0 Å². The SMILES string of the molecule is CC.NC(COc1ccc(F)cc1)C(O)(Cc1cc(N2CCc3ccccc3C2)ccn1)C(=O)O. The summed E-state index contributed by atoms with van der Waals surface area (Å²) in [7, 11) is 0. The van der Waals surface area contributed by atoms with Crippen LogP contribution in [0.1, 0.15) is 30.7 Å². The monoisotopic (exact) mass is 481 g/mol. The Morgan fingerprint density at radius 3 is 2.54 bits per heavy atom. The van der Waals surface area contributed by atoms with E-state index in [0.717, 1.165) is 25.2 Å². The highest BCUT2D eigenvalue weighted by molar-refractivity contribution is 5.78. The van der Waals surface area contributed by atoms with Crippen LogP contribution < -0.4 is 15.4 Å². The third-order valence-corrected chi connectivity index (χ3v) is 5.97. The van der Waals surface area contributed by atoms with Crippen molar-refractivity contribution < 1.29 is 24.1 Å². The van der Waals surface area contributed by atoms with E-state index in [1.165, 1.54) is 35.4 Å². The number of carboxylic acid groups (broad SMARTS) is 1. The number of aliphatic hydroxyl groups is 1. The van der Waals surface area contributed by atoms with E-state index in [2.05, 4.69) is 22.0 Å². The van der Waals surface area contributed by atoms with Gasteiger partial charge >= 0.3 is 5.97 Å². The number of hydrogen-bond acceptors (Lipinski definition) is 6. The van der Waals surface area contributed by atoms with Crippen molar-refractivity contribution in [3.05, 3.63) is 89.5 Å². The van der Waals surface area contributed by atoms with Gasteiger partial charge in [0.15, 0.2) is 5.60 Å². The second kappa shape index (κ2) is 11.8. The highest BCUT2D eigenvalue weighted by Crippen LogP contribution is 2.26. The van der Waals surface area contributed by atoms with Crippen LogP contribution in [0, 0.1) is 5.82 Å². The molecule has 1 aromatic heterocycles. The second-order valence-corrected chi connectivity index (χ2v) is 8.22. The Bertz CT molecular complexity index is 1130. The van der Waals surface area contributed by atoms with Crippen molar-refractivity contribution in [2.24, 2.45) is 5.73 Å². The van der Waals surface area contributed by atoms with E-state index in [1.54, 1.807) is 12.3 Å². The van der Waals surface area contributed by atoms with E-state index < -0.39 is 23.4 Å². The Morgan fingerprint density at radius 1 is 1.17 bits per heavy atom. The highest BCUT2D eigenvalue weighted by Gasteiger charge is 2.43. The summed E-state index contributed by atoms with van der Waals surface area (Å²) in [6, 6.07) is 16.0. The summed E-state index contributed by atoms with van der Waals surface area (Å²) in [5.74, 6) is -1.56. The van der Waals surface area contributed by atoms with Crippen molar-refractivity contribution in [3.63, 3.8) is 0 Å². The van der Waals surface area contributed by atoms with Gasteiger partial charge in [-0.15, -0.1) is 0 Å². The van der Waals surface area contributed by atoms with E-state index in [0.29, 0.717) is 11.4 Å². The van der Waals surface area contributed by atoms with Gasteiger partial charge in [-0.1, -0.05) is 38.1 Å². The summed E-state index contributed by atoms with van der Waals surface area (Å²) in [5.41, 5.74) is 7.65. The molecule has 4 rings (SSSR count). The van der Waals surface area contributed by atoms with Crippen LogP contribution in [0.2, 0.25) is 0 Å². The molecule has 2 heterocycles. The Hall–Kier alpha value is -3.49. The van der Waals surface area contributed by atoms with Gasteiger partial charge in [0.05, 0.1) is 6.04 Å². The molecule has 186 valence electrons. The van der Waals surface area contributed by atoms with Gasteiger partial charge in [0.1, 0.15) is 18.2 Å². The number of rotatable bonds is 8. The van der Waals surface area contributed by atoms with Gasteiger partial charge in [-0.05, 0) is 53.9 Å². The zero-order chi connectivity index (χ0) is 25.4. The number of aromatic nitrogens is 1. The third-order valence-electron chi connectivity index (χ3n) is 5.97. The van der Waals surface area contributed by atoms with Crippen molar-refractivity contribution in [3.8, 4) is 5.75 Å². The van der Waals surface area contributed by atoms with E-state index >= 15 is 0 Å². The molecule has 1 aliphatic rings. The molecular weight excluding hydrogens is 449 g/mol. The molecule has 2 atom stereocenters. The van der Waals surface area contributed by atoms with Gasteiger partial charge in [-0.3, -0.25) is 4.98 Å². The standard InChI is InChI=1S/C25H26FN3O4.C2H6/c26-19-5-7-22(8-6-19)33-16-23(27)25(32,24(30)31)14-20-13-21(9-11-28-20)29-12-10-17-3-1-2-4-18(17)15-29;1-2/h1-9,11,13,23,32H,10,12,14-16,27H2,(H,30,31);1-2H3.